The topological polar surface area (TPSA) is 55.6 Å². The Labute approximate surface area is 168 Å². The fourth-order valence-electron chi connectivity index (χ4n) is 4.19. The van der Waals surface area contributed by atoms with Gasteiger partial charge in [0.25, 0.3) is 0 Å². The third-order valence-electron chi connectivity index (χ3n) is 5.66. The second-order valence-electron chi connectivity index (χ2n) is 7.41. The van der Waals surface area contributed by atoms with Crippen molar-refractivity contribution in [1.82, 2.24) is 24.8 Å². The lowest BCUT2D eigenvalue weighted by Gasteiger charge is -2.23. The van der Waals surface area contributed by atoms with Gasteiger partial charge in [-0.05, 0) is 50.4 Å². The Hall–Kier alpha value is -2.50. The standard InChI is InChI=1S/C22H22ClN5/c23-20-18-19(17-7-4-11-25-21(17)27-20)28(14-10-15-8-12-24-13-9-15)22(26-18)16-5-2-1-3-6-16/h1-7,11,15,24H,8-10,12-14H2. The van der Waals surface area contributed by atoms with Crippen LogP contribution in [0.1, 0.15) is 19.3 Å². The summed E-state index contributed by atoms with van der Waals surface area (Å²) in [7, 11) is 0. The zero-order chi connectivity index (χ0) is 18.9. The summed E-state index contributed by atoms with van der Waals surface area (Å²) >= 11 is 6.52. The molecule has 1 N–H and O–H groups in total. The van der Waals surface area contributed by atoms with E-state index >= 15 is 0 Å². The van der Waals surface area contributed by atoms with Gasteiger partial charge in [-0.15, -0.1) is 0 Å². The van der Waals surface area contributed by atoms with Gasteiger partial charge in [0, 0.05) is 23.7 Å². The van der Waals surface area contributed by atoms with Crippen LogP contribution in [0.25, 0.3) is 33.5 Å². The normalized spacial score (nSPS) is 15.5. The molecule has 3 aromatic heterocycles. The molecule has 5 rings (SSSR count). The van der Waals surface area contributed by atoms with Crippen LogP contribution in [-0.4, -0.2) is 32.6 Å². The Balaban J connectivity index is 1.69. The van der Waals surface area contributed by atoms with Crippen molar-refractivity contribution >= 4 is 33.7 Å². The Morgan fingerprint density at radius 3 is 2.68 bits per heavy atom. The molecule has 0 atom stereocenters. The Morgan fingerprint density at radius 2 is 1.86 bits per heavy atom. The quantitative estimate of drug-likeness (QED) is 0.513. The number of piperidine rings is 1. The maximum absolute atomic E-state index is 6.52. The molecule has 4 heterocycles. The monoisotopic (exact) mass is 391 g/mol. The Bertz CT molecular complexity index is 1120. The molecule has 28 heavy (non-hydrogen) atoms. The number of hydrogen-bond acceptors (Lipinski definition) is 4. The summed E-state index contributed by atoms with van der Waals surface area (Å²) in [5, 5.41) is 4.87. The second kappa shape index (κ2) is 7.49. The molecule has 0 saturated carbocycles. The van der Waals surface area contributed by atoms with E-state index in [9.17, 15) is 0 Å². The lowest BCUT2D eigenvalue weighted by molar-refractivity contribution is 0.340. The predicted molar refractivity (Wildman–Crippen MR) is 113 cm³/mol. The highest BCUT2D eigenvalue weighted by Crippen LogP contribution is 2.33. The number of aromatic nitrogens is 4. The fourth-order valence-corrected chi connectivity index (χ4v) is 4.41. The van der Waals surface area contributed by atoms with Crippen LogP contribution < -0.4 is 5.32 Å². The van der Waals surface area contributed by atoms with E-state index < -0.39 is 0 Å². The van der Waals surface area contributed by atoms with E-state index in [0.717, 1.165) is 59.8 Å². The van der Waals surface area contributed by atoms with E-state index in [1.807, 2.05) is 24.3 Å². The molecular weight excluding hydrogens is 370 g/mol. The van der Waals surface area contributed by atoms with Crippen LogP contribution in [0.2, 0.25) is 5.15 Å². The van der Waals surface area contributed by atoms with Crippen LogP contribution in [-0.2, 0) is 6.54 Å². The molecule has 0 aliphatic carbocycles. The van der Waals surface area contributed by atoms with E-state index in [2.05, 4.69) is 38.1 Å². The van der Waals surface area contributed by atoms with Crippen molar-refractivity contribution in [3.05, 3.63) is 53.8 Å². The molecule has 0 unspecified atom stereocenters. The summed E-state index contributed by atoms with van der Waals surface area (Å²) in [5.41, 5.74) is 3.56. The highest BCUT2D eigenvalue weighted by atomic mass is 35.5. The van der Waals surface area contributed by atoms with Gasteiger partial charge < -0.3 is 9.88 Å². The van der Waals surface area contributed by atoms with Gasteiger partial charge in [0.15, 0.2) is 10.8 Å². The zero-order valence-corrected chi connectivity index (χ0v) is 16.4. The number of pyridine rings is 2. The number of hydrogen-bond donors (Lipinski definition) is 1. The first-order valence-corrected chi connectivity index (χ1v) is 10.3. The van der Waals surface area contributed by atoms with Gasteiger partial charge >= 0.3 is 0 Å². The molecule has 1 aromatic carbocycles. The number of halogens is 1. The summed E-state index contributed by atoms with van der Waals surface area (Å²) in [4.78, 5) is 13.8. The smallest absolute Gasteiger partial charge is 0.163 e. The Kier molecular flexibility index (Phi) is 4.71. The van der Waals surface area contributed by atoms with Gasteiger partial charge in [-0.3, -0.25) is 0 Å². The molecule has 0 bridgehead atoms. The van der Waals surface area contributed by atoms with E-state index in [1.165, 1.54) is 12.8 Å². The highest BCUT2D eigenvalue weighted by Gasteiger charge is 2.20. The molecule has 142 valence electrons. The molecule has 0 spiro atoms. The van der Waals surface area contributed by atoms with Gasteiger partial charge in [0.2, 0.25) is 0 Å². The van der Waals surface area contributed by atoms with E-state index in [1.54, 1.807) is 6.20 Å². The van der Waals surface area contributed by atoms with Crippen LogP contribution in [0.3, 0.4) is 0 Å². The number of imidazole rings is 1. The third kappa shape index (κ3) is 3.15. The van der Waals surface area contributed by atoms with Crippen LogP contribution >= 0.6 is 11.6 Å². The first kappa shape index (κ1) is 17.6. The van der Waals surface area contributed by atoms with Crippen molar-refractivity contribution in [2.24, 2.45) is 5.92 Å². The minimum absolute atomic E-state index is 0.416. The number of nitrogens with one attached hydrogen (secondary N) is 1. The van der Waals surface area contributed by atoms with E-state index in [-0.39, 0.29) is 0 Å². The van der Waals surface area contributed by atoms with Gasteiger partial charge in [0.05, 0.1) is 5.52 Å². The van der Waals surface area contributed by atoms with E-state index in [4.69, 9.17) is 16.6 Å². The van der Waals surface area contributed by atoms with Crippen LogP contribution in [0.4, 0.5) is 0 Å². The number of benzene rings is 1. The molecule has 1 aliphatic heterocycles. The van der Waals surface area contributed by atoms with Gasteiger partial charge in [-0.2, -0.15) is 0 Å². The molecular formula is C22H22ClN5. The summed E-state index contributed by atoms with van der Waals surface area (Å²) < 4.78 is 2.32. The lowest BCUT2D eigenvalue weighted by atomic mass is 9.94. The van der Waals surface area contributed by atoms with E-state index in [0.29, 0.717) is 10.8 Å². The minimum Gasteiger partial charge on any atom is -0.323 e. The fraction of sp³-hybridized carbons (Fsp3) is 0.318. The molecule has 1 fully saturated rings. The molecule has 1 saturated heterocycles. The zero-order valence-electron chi connectivity index (χ0n) is 15.6. The molecule has 1 aliphatic rings. The predicted octanol–water partition coefficient (Wildman–Crippen LogP) is 4.69. The van der Waals surface area contributed by atoms with Crippen LogP contribution in [0, 0.1) is 5.92 Å². The molecule has 5 nitrogen and oxygen atoms in total. The van der Waals surface area contributed by atoms with Crippen molar-refractivity contribution in [2.75, 3.05) is 13.1 Å². The first-order valence-electron chi connectivity index (χ1n) is 9.88. The average Bonchev–Trinajstić information content (AvgIpc) is 3.14. The van der Waals surface area contributed by atoms with Gasteiger partial charge in [-0.25, -0.2) is 15.0 Å². The SMILES string of the molecule is Clc1nc2ncccc2c2c1nc(-c1ccccc1)n2CCC1CCNCC1. The molecule has 0 radical (unpaired) electrons. The highest BCUT2D eigenvalue weighted by molar-refractivity contribution is 6.35. The third-order valence-corrected chi connectivity index (χ3v) is 5.92. The lowest BCUT2D eigenvalue weighted by Crippen LogP contribution is -2.28. The minimum atomic E-state index is 0.416. The average molecular weight is 392 g/mol. The Morgan fingerprint density at radius 1 is 1.04 bits per heavy atom. The van der Waals surface area contributed by atoms with Gasteiger partial charge in [0.1, 0.15) is 11.3 Å². The van der Waals surface area contributed by atoms with Crippen molar-refractivity contribution in [3.8, 4) is 11.4 Å². The summed E-state index contributed by atoms with van der Waals surface area (Å²) in [6, 6.07) is 14.3. The van der Waals surface area contributed by atoms with Crippen molar-refractivity contribution in [1.29, 1.82) is 0 Å². The maximum Gasteiger partial charge on any atom is 0.163 e. The summed E-state index contributed by atoms with van der Waals surface area (Å²) in [5.74, 6) is 1.69. The summed E-state index contributed by atoms with van der Waals surface area (Å²) in [6.45, 7) is 3.14. The van der Waals surface area contributed by atoms with Crippen molar-refractivity contribution in [3.63, 3.8) is 0 Å². The number of nitrogens with zero attached hydrogens (tertiary/aromatic N) is 4. The second-order valence-corrected chi connectivity index (χ2v) is 7.77. The number of rotatable bonds is 4. The van der Waals surface area contributed by atoms with Gasteiger partial charge in [-0.1, -0.05) is 41.9 Å². The number of fused-ring (bicyclic) bond motifs is 3. The maximum atomic E-state index is 6.52. The van der Waals surface area contributed by atoms with Crippen molar-refractivity contribution in [2.45, 2.75) is 25.8 Å². The van der Waals surface area contributed by atoms with Crippen LogP contribution in [0.15, 0.2) is 48.7 Å². The number of aryl methyl sites for hydroxylation is 1. The molecule has 0 amide bonds. The largest absolute Gasteiger partial charge is 0.323 e. The summed E-state index contributed by atoms with van der Waals surface area (Å²) in [6.07, 6.45) is 5.36. The van der Waals surface area contributed by atoms with Crippen LogP contribution in [0.5, 0.6) is 0 Å². The van der Waals surface area contributed by atoms with Crippen molar-refractivity contribution < 1.29 is 0 Å². The molecule has 6 heteroatoms. The molecule has 4 aromatic rings. The first-order chi connectivity index (χ1) is 13.8.